The fraction of sp³-hybridized carbons (Fsp3) is 0.222. The third kappa shape index (κ3) is 3.08. The summed E-state index contributed by atoms with van der Waals surface area (Å²) in [6.07, 6.45) is 0.673. The fourth-order valence-corrected chi connectivity index (χ4v) is 2.53. The lowest BCUT2D eigenvalue weighted by Gasteiger charge is -2.04. The second-order valence-corrected chi connectivity index (χ2v) is 5.31. The quantitative estimate of drug-likeness (QED) is 0.714. The maximum atomic E-state index is 12.4. The Bertz CT molecular complexity index is 938. The Morgan fingerprint density at radius 2 is 1.96 bits per heavy atom. The van der Waals surface area contributed by atoms with E-state index in [1.807, 2.05) is 13.8 Å². The molecule has 0 atom stereocenters. The Morgan fingerprint density at radius 1 is 1.16 bits per heavy atom. The van der Waals surface area contributed by atoms with Crippen LogP contribution in [0, 0.1) is 0 Å². The summed E-state index contributed by atoms with van der Waals surface area (Å²) < 4.78 is 16.5. The zero-order chi connectivity index (χ0) is 18.0. The van der Waals surface area contributed by atoms with Gasteiger partial charge in [0.1, 0.15) is 11.4 Å². The molecule has 2 amide bonds. The van der Waals surface area contributed by atoms with Crippen molar-refractivity contribution < 1.29 is 23.2 Å². The molecule has 7 nitrogen and oxygen atoms in total. The minimum Gasteiger partial charge on any atom is -0.490 e. The number of furan rings is 2. The smallest absolute Gasteiger partial charge is 0.291 e. The minimum atomic E-state index is -0.789. The Morgan fingerprint density at radius 3 is 2.60 bits per heavy atom. The number of fused-ring (bicyclic) bond motifs is 1. The van der Waals surface area contributed by atoms with Crippen molar-refractivity contribution in [2.24, 2.45) is 5.73 Å². The Balaban J connectivity index is 2.04. The summed E-state index contributed by atoms with van der Waals surface area (Å²) >= 11 is 0. The number of carbonyl (C=O) groups is 2. The van der Waals surface area contributed by atoms with Crippen LogP contribution >= 0.6 is 0 Å². The van der Waals surface area contributed by atoms with E-state index in [-0.39, 0.29) is 17.2 Å². The first-order valence-electron chi connectivity index (χ1n) is 7.93. The van der Waals surface area contributed by atoms with Crippen molar-refractivity contribution in [3.8, 4) is 5.75 Å². The average Bonchev–Trinajstić information content (AvgIpc) is 3.21. The number of hydrogen-bond donors (Lipinski definition) is 2. The molecule has 130 valence electrons. The van der Waals surface area contributed by atoms with Crippen molar-refractivity contribution in [3.05, 3.63) is 47.6 Å². The van der Waals surface area contributed by atoms with Gasteiger partial charge in [0.25, 0.3) is 11.8 Å². The van der Waals surface area contributed by atoms with Gasteiger partial charge in [0.2, 0.25) is 5.76 Å². The summed E-state index contributed by atoms with van der Waals surface area (Å²) in [4.78, 5) is 24.2. The standard InChI is InChI=1S/C18H18N2O5/c1-3-10-8-9-13(24-10)18(22)20-14-11-6-5-7-12(23-4-2)15(11)25-16(14)17(19)21/h5-9H,3-4H2,1-2H3,(H2,19,21)(H,20,22). The van der Waals surface area contributed by atoms with E-state index in [1.54, 1.807) is 30.3 Å². The number of nitrogens with two attached hydrogens (primary N) is 1. The molecule has 25 heavy (non-hydrogen) atoms. The maximum absolute atomic E-state index is 12.4. The number of benzene rings is 1. The molecule has 1 aromatic carbocycles. The first-order valence-corrected chi connectivity index (χ1v) is 7.93. The topological polar surface area (TPSA) is 108 Å². The number of anilines is 1. The molecule has 0 spiro atoms. The summed E-state index contributed by atoms with van der Waals surface area (Å²) in [6, 6.07) is 8.47. The number of aryl methyl sites for hydroxylation is 1. The molecule has 0 saturated carbocycles. The number of carbonyl (C=O) groups excluding carboxylic acids is 2. The first-order chi connectivity index (χ1) is 12.0. The summed E-state index contributed by atoms with van der Waals surface area (Å²) in [5.74, 6) is -0.125. The van der Waals surface area contributed by atoms with E-state index in [0.29, 0.717) is 35.5 Å². The van der Waals surface area contributed by atoms with Crippen molar-refractivity contribution in [3.63, 3.8) is 0 Å². The molecule has 7 heteroatoms. The molecule has 0 fully saturated rings. The molecule has 0 aliphatic carbocycles. The third-order valence-corrected chi connectivity index (χ3v) is 3.68. The van der Waals surface area contributed by atoms with Crippen LogP contribution in [0.3, 0.4) is 0 Å². The maximum Gasteiger partial charge on any atom is 0.291 e. The molecule has 3 rings (SSSR count). The Kier molecular flexibility index (Phi) is 4.47. The molecule has 0 unspecified atom stereocenters. The predicted molar refractivity (Wildman–Crippen MR) is 91.9 cm³/mol. The SMILES string of the molecule is CCOc1cccc2c(NC(=O)c3ccc(CC)o3)c(C(N)=O)oc12. The molecule has 0 radical (unpaired) electrons. The van der Waals surface area contributed by atoms with Crippen molar-refractivity contribution in [2.75, 3.05) is 11.9 Å². The van der Waals surface area contributed by atoms with Gasteiger partial charge in [-0.05, 0) is 31.2 Å². The first kappa shape index (κ1) is 16.6. The number of ether oxygens (including phenoxy) is 1. The van der Waals surface area contributed by atoms with E-state index in [4.69, 9.17) is 19.3 Å². The Labute approximate surface area is 143 Å². The van der Waals surface area contributed by atoms with Crippen molar-refractivity contribution in [1.82, 2.24) is 0 Å². The number of primary amides is 1. The minimum absolute atomic E-state index is 0.141. The van der Waals surface area contributed by atoms with Crippen molar-refractivity contribution in [2.45, 2.75) is 20.3 Å². The molecule has 2 aromatic heterocycles. The number of rotatable bonds is 6. The van der Waals surface area contributed by atoms with Gasteiger partial charge in [0.05, 0.1) is 6.61 Å². The highest BCUT2D eigenvalue weighted by Gasteiger charge is 2.24. The number of para-hydroxylation sites is 1. The van der Waals surface area contributed by atoms with Crippen LogP contribution in [-0.2, 0) is 6.42 Å². The van der Waals surface area contributed by atoms with Crippen molar-refractivity contribution in [1.29, 1.82) is 0 Å². The van der Waals surface area contributed by atoms with E-state index in [0.717, 1.165) is 0 Å². The number of amides is 2. The molecule has 0 bridgehead atoms. The summed E-state index contributed by atoms with van der Waals surface area (Å²) in [6.45, 7) is 4.19. The molecular formula is C18H18N2O5. The van der Waals surface area contributed by atoms with E-state index in [1.165, 1.54) is 0 Å². The van der Waals surface area contributed by atoms with E-state index >= 15 is 0 Å². The van der Waals surface area contributed by atoms with Crippen LogP contribution in [-0.4, -0.2) is 18.4 Å². The molecule has 0 aliphatic heterocycles. The zero-order valence-corrected chi connectivity index (χ0v) is 13.9. The van der Waals surface area contributed by atoms with E-state index < -0.39 is 11.8 Å². The van der Waals surface area contributed by atoms with Gasteiger partial charge in [0, 0.05) is 11.8 Å². The van der Waals surface area contributed by atoms with Gasteiger partial charge >= 0.3 is 0 Å². The largest absolute Gasteiger partial charge is 0.490 e. The second kappa shape index (κ2) is 6.72. The van der Waals surface area contributed by atoms with Gasteiger partial charge in [0.15, 0.2) is 17.1 Å². The van der Waals surface area contributed by atoms with E-state index in [2.05, 4.69) is 5.32 Å². The van der Waals surface area contributed by atoms with Crippen molar-refractivity contribution >= 4 is 28.5 Å². The van der Waals surface area contributed by atoms with Gasteiger partial charge in [-0.1, -0.05) is 13.0 Å². The van der Waals surface area contributed by atoms with Crippen LogP contribution in [0.4, 0.5) is 5.69 Å². The molecular weight excluding hydrogens is 324 g/mol. The molecule has 0 aliphatic rings. The molecule has 3 N–H and O–H groups in total. The third-order valence-electron chi connectivity index (χ3n) is 3.68. The average molecular weight is 342 g/mol. The van der Waals surface area contributed by atoms with Crippen LogP contribution in [0.15, 0.2) is 39.2 Å². The lowest BCUT2D eigenvalue weighted by atomic mass is 10.2. The summed E-state index contributed by atoms with van der Waals surface area (Å²) in [7, 11) is 0. The summed E-state index contributed by atoms with van der Waals surface area (Å²) in [5, 5.41) is 3.18. The fourth-order valence-electron chi connectivity index (χ4n) is 2.53. The highest BCUT2D eigenvalue weighted by atomic mass is 16.5. The van der Waals surface area contributed by atoms with Gasteiger partial charge in [-0.25, -0.2) is 0 Å². The highest BCUT2D eigenvalue weighted by Crippen LogP contribution is 2.36. The number of nitrogens with one attached hydrogen (secondary N) is 1. The van der Waals surface area contributed by atoms with Crippen LogP contribution in [0.2, 0.25) is 0 Å². The highest BCUT2D eigenvalue weighted by molar-refractivity contribution is 6.14. The van der Waals surface area contributed by atoms with Gasteiger partial charge in [-0.15, -0.1) is 0 Å². The monoisotopic (exact) mass is 342 g/mol. The van der Waals surface area contributed by atoms with Gasteiger partial charge in [-0.3, -0.25) is 9.59 Å². The normalized spacial score (nSPS) is 10.8. The molecule has 3 aromatic rings. The van der Waals surface area contributed by atoms with Gasteiger partial charge in [-0.2, -0.15) is 0 Å². The van der Waals surface area contributed by atoms with Gasteiger partial charge < -0.3 is 24.6 Å². The Hall–Kier alpha value is -3.22. The molecule has 0 saturated heterocycles. The number of hydrogen-bond acceptors (Lipinski definition) is 5. The predicted octanol–water partition coefficient (Wildman–Crippen LogP) is 3.34. The van der Waals surface area contributed by atoms with Crippen LogP contribution in [0.1, 0.15) is 40.7 Å². The molecule has 2 heterocycles. The van der Waals surface area contributed by atoms with E-state index in [9.17, 15) is 9.59 Å². The zero-order valence-electron chi connectivity index (χ0n) is 13.9. The lowest BCUT2D eigenvalue weighted by molar-refractivity contribution is 0.0977. The lowest BCUT2D eigenvalue weighted by Crippen LogP contribution is -2.16. The van der Waals surface area contributed by atoms with Crippen LogP contribution in [0.25, 0.3) is 11.0 Å². The summed E-state index contributed by atoms with van der Waals surface area (Å²) in [5.41, 5.74) is 5.94. The van der Waals surface area contributed by atoms with Crippen LogP contribution in [0.5, 0.6) is 5.75 Å². The van der Waals surface area contributed by atoms with Crippen LogP contribution < -0.4 is 15.8 Å². The second-order valence-electron chi connectivity index (χ2n) is 5.31.